The predicted octanol–water partition coefficient (Wildman–Crippen LogP) is 3.48. The molecule has 3 nitrogen and oxygen atoms in total. The molecule has 2 atom stereocenters. The van der Waals surface area contributed by atoms with Gasteiger partial charge in [-0.1, -0.05) is 38.0 Å². The molecular formula is C16H20N2O. The molecule has 1 heterocycles. The second-order valence-electron chi connectivity index (χ2n) is 5.69. The summed E-state index contributed by atoms with van der Waals surface area (Å²) in [7, 11) is 0. The summed E-state index contributed by atoms with van der Waals surface area (Å²) in [6.45, 7) is 2.27. The predicted molar refractivity (Wildman–Crippen MR) is 77.2 cm³/mol. The first-order valence-corrected chi connectivity index (χ1v) is 7.11. The van der Waals surface area contributed by atoms with Gasteiger partial charge in [-0.3, -0.25) is 4.79 Å². The third-order valence-electron chi connectivity index (χ3n) is 4.11. The normalized spacial score (nSPS) is 23.4. The van der Waals surface area contributed by atoms with E-state index in [9.17, 15) is 4.79 Å². The van der Waals surface area contributed by atoms with E-state index in [0.29, 0.717) is 6.04 Å². The van der Waals surface area contributed by atoms with Gasteiger partial charge in [0.2, 0.25) is 0 Å². The third kappa shape index (κ3) is 2.50. The van der Waals surface area contributed by atoms with E-state index in [1.165, 1.54) is 12.8 Å². The summed E-state index contributed by atoms with van der Waals surface area (Å²) >= 11 is 0. The van der Waals surface area contributed by atoms with Gasteiger partial charge in [0.25, 0.3) is 5.91 Å². The van der Waals surface area contributed by atoms with Crippen molar-refractivity contribution in [2.75, 3.05) is 0 Å². The number of amides is 1. The van der Waals surface area contributed by atoms with Crippen LogP contribution in [-0.4, -0.2) is 16.9 Å². The summed E-state index contributed by atoms with van der Waals surface area (Å²) in [5.74, 6) is 0.776. The average molecular weight is 256 g/mol. The molecule has 0 spiro atoms. The molecule has 1 aliphatic carbocycles. The molecule has 1 aromatic carbocycles. The summed E-state index contributed by atoms with van der Waals surface area (Å²) in [5, 5.41) is 4.19. The number of nitrogens with one attached hydrogen (secondary N) is 2. The second-order valence-corrected chi connectivity index (χ2v) is 5.69. The minimum atomic E-state index is 0.0524. The summed E-state index contributed by atoms with van der Waals surface area (Å²) in [6.07, 6.45) is 6.54. The van der Waals surface area contributed by atoms with E-state index in [4.69, 9.17) is 0 Å². The molecule has 0 bridgehead atoms. The summed E-state index contributed by atoms with van der Waals surface area (Å²) in [5.41, 5.74) is 1.78. The number of carbonyl (C=O) groups is 1. The van der Waals surface area contributed by atoms with Gasteiger partial charge in [0.1, 0.15) is 0 Å². The van der Waals surface area contributed by atoms with Crippen molar-refractivity contribution < 1.29 is 4.79 Å². The number of aromatic amines is 1. The highest BCUT2D eigenvalue weighted by Gasteiger charge is 2.21. The van der Waals surface area contributed by atoms with Crippen LogP contribution in [0.5, 0.6) is 0 Å². The minimum Gasteiger partial charge on any atom is -0.360 e. The molecule has 1 amide bonds. The minimum absolute atomic E-state index is 0.0524. The zero-order chi connectivity index (χ0) is 13.2. The van der Waals surface area contributed by atoms with E-state index in [1.54, 1.807) is 0 Å². The molecule has 0 saturated heterocycles. The molecule has 2 aromatic rings. The number of fused-ring (bicyclic) bond motifs is 1. The standard InChI is InChI=1S/C16H20N2O/c1-11-5-4-6-12(9-11)18-16(19)14-10-17-15-8-3-2-7-13(14)15/h2-3,7-8,10-12,17H,4-6,9H2,1H3,(H,18,19). The van der Waals surface area contributed by atoms with E-state index < -0.39 is 0 Å². The van der Waals surface area contributed by atoms with E-state index in [-0.39, 0.29) is 5.91 Å². The lowest BCUT2D eigenvalue weighted by Gasteiger charge is -2.27. The molecular weight excluding hydrogens is 236 g/mol. The molecule has 3 rings (SSSR count). The zero-order valence-electron chi connectivity index (χ0n) is 11.3. The molecule has 0 aliphatic heterocycles. The van der Waals surface area contributed by atoms with Gasteiger partial charge in [0.05, 0.1) is 5.56 Å². The van der Waals surface area contributed by atoms with Crippen LogP contribution in [-0.2, 0) is 0 Å². The first-order valence-electron chi connectivity index (χ1n) is 7.11. The Hall–Kier alpha value is -1.77. The Balaban J connectivity index is 1.76. The van der Waals surface area contributed by atoms with E-state index >= 15 is 0 Å². The zero-order valence-corrected chi connectivity index (χ0v) is 11.3. The van der Waals surface area contributed by atoms with Crippen molar-refractivity contribution in [3.05, 3.63) is 36.0 Å². The lowest BCUT2D eigenvalue weighted by Crippen LogP contribution is -2.37. The quantitative estimate of drug-likeness (QED) is 0.849. The molecule has 1 aliphatic rings. The Morgan fingerprint density at radius 3 is 3.00 bits per heavy atom. The van der Waals surface area contributed by atoms with Crippen molar-refractivity contribution in [1.82, 2.24) is 10.3 Å². The lowest BCUT2D eigenvalue weighted by molar-refractivity contribution is 0.0923. The highest BCUT2D eigenvalue weighted by molar-refractivity contribution is 6.06. The van der Waals surface area contributed by atoms with Crippen molar-refractivity contribution in [2.45, 2.75) is 38.6 Å². The van der Waals surface area contributed by atoms with Crippen molar-refractivity contribution in [3.8, 4) is 0 Å². The molecule has 1 aromatic heterocycles. The van der Waals surface area contributed by atoms with Gasteiger partial charge >= 0.3 is 0 Å². The molecule has 0 radical (unpaired) electrons. The average Bonchev–Trinajstić information content (AvgIpc) is 2.82. The molecule has 2 unspecified atom stereocenters. The van der Waals surface area contributed by atoms with Gasteiger partial charge < -0.3 is 10.3 Å². The van der Waals surface area contributed by atoms with Gasteiger partial charge in [0.15, 0.2) is 0 Å². The van der Waals surface area contributed by atoms with Gasteiger partial charge in [0, 0.05) is 23.1 Å². The topological polar surface area (TPSA) is 44.9 Å². The van der Waals surface area contributed by atoms with E-state index in [0.717, 1.165) is 35.2 Å². The number of rotatable bonds is 2. The van der Waals surface area contributed by atoms with Gasteiger partial charge in [-0.05, 0) is 24.8 Å². The number of carbonyl (C=O) groups excluding carboxylic acids is 1. The van der Waals surface area contributed by atoms with Crippen LogP contribution in [0.4, 0.5) is 0 Å². The van der Waals surface area contributed by atoms with Crippen LogP contribution in [0.1, 0.15) is 43.0 Å². The van der Waals surface area contributed by atoms with Crippen LogP contribution < -0.4 is 5.32 Å². The Labute approximate surface area is 113 Å². The van der Waals surface area contributed by atoms with Crippen LogP contribution in [0.15, 0.2) is 30.5 Å². The van der Waals surface area contributed by atoms with E-state index in [1.807, 2.05) is 30.5 Å². The van der Waals surface area contributed by atoms with Crippen molar-refractivity contribution in [2.24, 2.45) is 5.92 Å². The maximum absolute atomic E-state index is 12.4. The number of hydrogen-bond donors (Lipinski definition) is 2. The van der Waals surface area contributed by atoms with Crippen molar-refractivity contribution in [1.29, 1.82) is 0 Å². The van der Waals surface area contributed by atoms with Crippen molar-refractivity contribution in [3.63, 3.8) is 0 Å². The molecule has 2 N–H and O–H groups in total. The summed E-state index contributed by atoms with van der Waals surface area (Å²) in [6, 6.07) is 8.27. The number of aromatic nitrogens is 1. The van der Waals surface area contributed by atoms with Crippen LogP contribution in [0.3, 0.4) is 0 Å². The Morgan fingerprint density at radius 2 is 2.16 bits per heavy atom. The Morgan fingerprint density at radius 1 is 1.32 bits per heavy atom. The molecule has 100 valence electrons. The fraction of sp³-hybridized carbons (Fsp3) is 0.438. The second kappa shape index (κ2) is 5.08. The highest BCUT2D eigenvalue weighted by atomic mass is 16.1. The smallest absolute Gasteiger partial charge is 0.253 e. The van der Waals surface area contributed by atoms with Crippen LogP contribution in [0, 0.1) is 5.92 Å². The molecule has 1 saturated carbocycles. The van der Waals surface area contributed by atoms with Crippen LogP contribution in [0.2, 0.25) is 0 Å². The largest absolute Gasteiger partial charge is 0.360 e. The number of H-pyrrole nitrogens is 1. The monoisotopic (exact) mass is 256 g/mol. The lowest BCUT2D eigenvalue weighted by atomic mass is 9.87. The number of hydrogen-bond acceptors (Lipinski definition) is 1. The highest BCUT2D eigenvalue weighted by Crippen LogP contribution is 2.24. The van der Waals surface area contributed by atoms with Crippen LogP contribution in [0.25, 0.3) is 10.9 Å². The fourth-order valence-corrected chi connectivity index (χ4v) is 3.09. The molecule has 1 fully saturated rings. The first kappa shape index (κ1) is 12.3. The summed E-state index contributed by atoms with van der Waals surface area (Å²) < 4.78 is 0. The van der Waals surface area contributed by atoms with E-state index in [2.05, 4.69) is 17.2 Å². The molecule has 19 heavy (non-hydrogen) atoms. The SMILES string of the molecule is CC1CCCC(NC(=O)c2c[nH]c3ccccc23)C1. The van der Waals surface area contributed by atoms with Gasteiger partial charge in [-0.2, -0.15) is 0 Å². The fourth-order valence-electron chi connectivity index (χ4n) is 3.09. The molecule has 3 heteroatoms. The maximum Gasteiger partial charge on any atom is 0.253 e. The number of para-hydroxylation sites is 1. The summed E-state index contributed by atoms with van der Waals surface area (Å²) in [4.78, 5) is 15.5. The van der Waals surface area contributed by atoms with Gasteiger partial charge in [-0.15, -0.1) is 0 Å². The Bertz CT molecular complexity index is 587. The Kier molecular flexibility index (Phi) is 3.28. The van der Waals surface area contributed by atoms with Crippen LogP contribution >= 0.6 is 0 Å². The van der Waals surface area contributed by atoms with Crippen molar-refractivity contribution >= 4 is 16.8 Å². The first-order chi connectivity index (χ1) is 9.24. The maximum atomic E-state index is 12.4. The van der Waals surface area contributed by atoms with Gasteiger partial charge in [-0.25, -0.2) is 0 Å². The number of benzene rings is 1. The third-order valence-corrected chi connectivity index (χ3v) is 4.11.